The van der Waals surface area contributed by atoms with E-state index in [0.717, 1.165) is 19.3 Å². The van der Waals surface area contributed by atoms with E-state index in [9.17, 15) is 30.3 Å². The third-order valence-electron chi connectivity index (χ3n) is 5.33. The van der Waals surface area contributed by atoms with Crippen LogP contribution in [0.3, 0.4) is 0 Å². The van der Waals surface area contributed by atoms with E-state index in [1.54, 1.807) is 12.1 Å². The Balaban J connectivity index is 2.00. The summed E-state index contributed by atoms with van der Waals surface area (Å²) in [5.41, 5.74) is -0.399. The summed E-state index contributed by atoms with van der Waals surface area (Å²) in [6.07, 6.45) is -3.74. The zero-order valence-electron chi connectivity index (χ0n) is 16.6. The molecule has 0 bridgehead atoms. The molecular formula is C21H28NO8. The van der Waals surface area contributed by atoms with E-state index >= 15 is 0 Å². The van der Waals surface area contributed by atoms with Gasteiger partial charge in [0.05, 0.1) is 6.61 Å². The second-order valence-corrected chi connectivity index (χ2v) is 7.47. The van der Waals surface area contributed by atoms with Gasteiger partial charge in [-0.05, 0) is 24.6 Å². The molecule has 165 valence electrons. The van der Waals surface area contributed by atoms with Crippen LogP contribution in [0.15, 0.2) is 33.5 Å². The summed E-state index contributed by atoms with van der Waals surface area (Å²) in [6, 6.07) is 5.93. The van der Waals surface area contributed by atoms with Gasteiger partial charge in [-0.2, -0.15) is 0 Å². The van der Waals surface area contributed by atoms with E-state index in [4.69, 9.17) is 9.15 Å². The monoisotopic (exact) mass is 422 g/mol. The number of ether oxygens (including phenoxy) is 1. The lowest BCUT2D eigenvalue weighted by molar-refractivity contribution is -0.228. The summed E-state index contributed by atoms with van der Waals surface area (Å²) in [4.78, 5) is 14.2. The van der Waals surface area contributed by atoms with Gasteiger partial charge in [-0.1, -0.05) is 26.2 Å². The topological polar surface area (TPSA) is 144 Å². The Labute approximate surface area is 173 Å². The summed E-state index contributed by atoms with van der Waals surface area (Å²) in [7, 11) is 0. The van der Waals surface area contributed by atoms with Crippen molar-refractivity contribution in [1.29, 1.82) is 0 Å². The molecule has 0 spiro atoms. The van der Waals surface area contributed by atoms with Gasteiger partial charge in [-0.15, -0.1) is 0 Å². The second kappa shape index (κ2) is 9.76. The van der Waals surface area contributed by atoms with E-state index < -0.39 is 42.9 Å². The number of unbranched alkanes of at least 4 members (excludes halogenated alkanes) is 3. The average Bonchev–Trinajstić information content (AvgIpc) is 2.73. The molecule has 3 rings (SSSR count). The van der Waals surface area contributed by atoms with Gasteiger partial charge in [0, 0.05) is 18.0 Å². The van der Waals surface area contributed by atoms with Crippen molar-refractivity contribution >= 4 is 16.7 Å². The fourth-order valence-corrected chi connectivity index (χ4v) is 3.65. The molecule has 30 heavy (non-hydrogen) atoms. The minimum Gasteiger partial charge on any atom is -0.508 e. The van der Waals surface area contributed by atoms with Gasteiger partial charge in [0.2, 0.25) is 0 Å². The van der Waals surface area contributed by atoms with Gasteiger partial charge >= 0.3 is 5.63 Å². The van der Waals surface area contributed by atoms with Crippen molar-refractivity contribution in [2.24, 2.45) is 0 Å². The first kappa shape index (κ1) is 22.5. The molecule has 0 unspecified atom stereocenters. The zero-order chi connectivity index (χ0) is 21.8. The average molecular weight is 422 g/mol. The number of aromatic hydroxyl groups is 1. The Hall–Kier alpha value is -2.17. The van der Waals surface area contributed by atoms with Crippen LogP contribution in [0.1, 0.15) is 25.7 Å². The maximum absolute atomic E-state index is 12.7. The molecule has 1 aromatic heterocycles. The summed E-state index contributed by atoms with van der Waals surface area (Å²) >= 11 is 0. The number of nitrogens with zero attached hydrogens (tertiary/aromatic N) is 1. The Morgan fingerprint density at radius 1 is 1.03 bits per heavy atom. The SMILES string of the molecule is [CH2]CCCCCN(c1cc2ccc(O)cc2oc1=O)[C@@H]1O[C@H](CO)[C@H](O)[C@H](O)[C@H]1O. The van der Waals surface area contributed by atoms with Crippen molar-refractivity contribution < 1.29 is 34.7 Å². The highest BCUT2D eigenvalue weighted by Crippen LogP contribution is 2.29. The molecule has 5 N–H and O–H groups in total. The predicted molar refractivity (Wildman–Crippen MR) is 109 cm³/mol. The molecule has 0 aliphatic carbocycles. The Kier molecular flexibility index (Phi) is 7.32. The van der Waals surface area contributed by atoms with Crippen LogP contribution in [0.4, 0.5) is 5.69 Å². The highest BCUT2D eigenvalue weighted by atomic mass is 16.6. The molecule has 1 aliphatic heterocycles. The van der Waals surface area contributed by atoms with Gasteiger partial charge in [-0.25, -0.2) is 4.79 Å². The van der Waals surface area contributed by atoms with E-state index in [0.29, 0.717) is 18.4 Å². The summed E-state index contributed by atoms with van der Waals surface area (Å²) in [5.74, 6) is -0.0441. The number of anilines is 1. The number of hydrogen-bond acceptors (Lipinski definition) is 9. The van der Waals surface area contributed by atoms with Gasteiger partial charge in [0.15, 0.2) is 6.23 Å². The van der Waals surface area contributed by atoms with Crippen LogP contribution in [0.2, 0.25) is 0 Å². The number of phenols is 1. The lowest BCUT2D eigenvalue weighted by Gasteiger charge is -2.45. The van der Waals surface area contributed by atoms with Crippen molar-refractivity contribution in [2.45, 2.75) is 56.3 Å². The molecule has 0 saturated carbocycles. The number of phenolic OH excluding ortho intramolecular Hbond substituents is 1. The van der Waals surface area contributed by atoms with Gasteiger partial charge < -0.3 is 39.6 Å². The molecule has 1 saturated heterocycles. The largest absolute Gasteiger partial charge is 0.508 e. The van der Waals surface area contributed by atoms with Crippen LogP contribution in [0.5, 0.6) is 5.75 Å². The van der Waals surface area contributed by atoms with Crippen LogP contribution in [-0.2, 0) is 4.74 Å². The number of hydrogen-bond donors (Lipinski definition) is 5. The van der Waals surface area contributed by atoms with Crippen molar-refractivity contribution in [3.05, 3.63) is 41.6 Å². The van der Waals surface area contributed by atoms with Crippen molar-refractivity contribution in [1.82, 2.24) is 0 Å². The normalized spacial score (nSPS) is 26.8. The highest BCUT2D eigenvalue weighted by Gasteiger charge is 2.46. The number of fused-ring (bicyclic) bond motifs is 1. The predicted octanol–water partition coefficient (Wildman–Crippen LogP) is 0.499. The van der Waals surface area contributed by atoms with Crippen LogP contribution in [0.25, 0.3) is 11.0 Å². The standard InChI is InChI=1S/C21H28NO8/c1-2-3-4-5-8-22(20-19(27)18(26)17(25)16(11-23)29-20)14-9-12-6-7-13(24)10-15(12)30-21(14)28/h6-7,9-10,16-20,23-27H,1-5,8,11H2/t16-,17+,18+,19-,20-/m1/s1. The molecule has 2 heterocycles. The van der Waals surface area contributed by atoms with Crippen molar-refractivity contribution in [3.8, 4) is 5.75 Å². The Morgan fingerprint density at radius 2 is 1.80 bits per heavy atom. The third-order valence-corrected chi connectivity index (χ3v) is 5.33. The third kappa shape index (κ3) is 4.60. The summed E-state index contributed by atoms with van der Waals surface area (Å²) in [5, 5.41) is 50.5. The molecule has 0 amide bonds. The van der Waals surface area contributed by atoms with Gasteiger partial charge in [0.25, 0.3) is 0 Å². The van der Waals surface area contributed by atoms with Crippen LogP contribution in [-0.4, -0.2) is 69.3 Å². The number of aliphatic hydroxyl groups excluding tert-OH is 4. The van der Waals surface area contributed by atoms with E-state index in [1.807, 2.05) is 0 Å². The molecule has 2 aromatic rings. The van der Waals surface area contributed by atoms with E-state index in [2.05, 4.69) is 6.92 Å². The fourth-order valence-electron chi connectivity index (χ4n) is 3.65. The number of rotatable bonds is 8. The summed E-state index contributed by atoms with van der Waals surface area (Å²) < 4.78 is 11.0. The van der Waals surface area contributed by atoms with Gasteiger partial charge in [0.1, 0.15) is 41.4 Å². The number of aliphatic hydroxyl groups is 4. The quantitative estimate of drug-likeness (QED) is 0.303. The second-order valence-electron chi connectivity index (χ2n) is 7.47. The van der Waals surface area contributed by atoms with Gasteiger partial charge in [-0.3, -0.25) is 0 Å². The minimum atomic E-state index is -1.56. The fraction of sp³-hybridized carbons (Fsp3) is 0.524. The maximum Gasteiger partial charge on any atom is 0.360 e. The Bertz CT molecular complexity index is 898. The molecule has 9 nitrogen and oxygen atoms in total. The van der Waals surface area contributed by atoms with Crippen LogP contribution < -0.4 is 10.5 Å². The molecule has 9 heteroatoms. The number of benzene rings is 1. The van der Waals surface area contributed by atoms with Crippen molar-refractivity contribution in [2.75, 3.05) is 18.1 Å². The zero-order valence-corrected chi connectivity index (χ0v) is 16.6. The Morgan fingerprint density at radius 3 is 2.50 bits per heavy atom. The minimum absolute atomic E-state index is 0.0441. The summed E-state index contributed by atoms with van der Waals surface area (Å²) in [6.45, 7) is 3.54. The smallest absolute Gasteiger partial charge is 0.360 e. The van der Waals surface area contributed by atoms with Crippen LogP contribution in [0, 0.1) is 6.92 Å². The van der Waals surface area contributed by atoms with E-state index in [-0.39, 0.29) is 17.0 Å². The maximum atomic E-state index is 12.7. The molecular weight excluding hydrogens is 394 g/mol. The molecule has 1 aromatic carbocycles. The van der Waals surface area contributed by atoms with Crippen molar-refractivity contribution in [3.63, 3.8) is 0 Å². The highest BCUT2D eigenvalue weighted by molar-refractivity contribution is 5.81. The van der Waals surface area contributed by atoms with E-state index in [1.165, 1.54) is 17.0 Å². The molecule has 5 atom stereocenters. The van der Waals surface area contributed by atoms with Crippen LogP contribution >= 0.6 is 0 Å². The molecule has 1 aliphatic rings. The lowest BCUT2D eigenvalue weighted by Crippen LogP contribution is -2.64. The first-order valence-electron chi connectivity index (χ1n) is 10.0. The lowest BCUT2D eigenvalue weighted by atomic mass is 9.97. The first-order chi connectivity index (χ1) is 14.4. The first-order valence-corrected chi connectivity index (χ1v) is 10.0. The molecule has 1 fully saturated rings. The molecule has 1 radical (unpaired) electrons.